The van der Waals surface area contributed by atoms with Gasteiger partial charge in [0.2, 0.25) is 0 Å². The zero-order chi connectivity index (χ0) is 26.6. The van der Waals surface area contributed by atoms with E-state index >= 15 is 0 Å². The van der Waals surface area contributed by atoms with Crippen LogP contribution in [0.4, 0.5) is 0 Å². The van der Waals surface area contributed by atoms with Crippen molar-refractivity contribution in [2.75, 3.05) is 13.1 Å². The number of phenols is 1. The number of carboxylic acids is 1. The molecule has 7 heteroatoms. The Hall–Kier alpha value is -3.94. The maximum absolute atomic E-state index is 11.0. The average Bonchev–Trinajstić information content (AvgIpc) is 3.36. The van der Waals surface area contributed by atoms with Gasteiger partial charge in [0.1, 0.15) is 12.3 Å². The van der Waals surface area contributed by atoms with Gasteiger partial charge in [-0.3, -0.25) is 19.3 Å². The summed E-state index contributed by atoms with van der Waals surface area (Å²) in [6.45, 7) is 7.19. The number of piperazine rings is 1. The number of carboxylic acid groups (broad SMARTS) is 1. The van der Waals surface area contributed by atoms with Crippen molar-refractivity contribution in [3.05, 3.63) is 108 Å². The standard InChI is InChI=1S/C31H34N4O3/c1-22-18-35(23(2)17-33(22)19-24-7-4-3-5-8-24)31(27-9-6-10-29(36)15-27)26-13-11-25(12-14-26)28-16-32-34(20-28)21-30(37)38/h3-16,20,22-23,31,36H,17-19,21H2,1-2H3,(H,37,38)/t22-,23+,31-/m1/s1. The first-order valence-electron chi connectivity index (χ1n) is 13.0. The molecular weight excluding hydrogens is 476 g/mol. The number of hydrogen-bond donors (Lipinski definition) is 2. The summed E-state index contributed by atoms with van der Waals surface area (Å²) in [7, 11) is 0. The fourth-order valence-corrected chi connectivity index (χ4v) is 5.49. The van der Waals surface area contributed by atoms with Gasteiger partial charge in [-0.1, -0.05) is 66.7 Å². The number of phenolic OH excluding ortho intramolecular Hbond substituents is 1. The third kappa shape index (κ3) is 5.79. The summed E-state index contributed by atoms with van der Waals surface area (Å²) in [5.41, 5.74) is 5.39. The van der Waals surface area contributed by atoms with E-state index in [0.29, 0.717) is 12.1 Å². The highest BCUT2D eigenvalue weighted by molar-refractivity contribution is 5.67. The molecule has 2 heterocycles. The lowest BCUT2D eigenvalue weighted by Gasteiger charge is -2.47. The van der Waals surface area contributed by atoms with Crippen molar-refractivity contribution in [2.24, 2.45) is 0 Å². The van der Waals surface area contributed by atoms with Crippen LogP contribution >= 0.6 is 0 Å². The summed E-state index contributed by atoms with van der Waals surface area (Å²) in [5, 5.41) is 23.5. The summed E-state index contributed by atoms with van der Waals surface area (Å²) in [4.78, 5) is 16.1. The summed E-state index contributed by atoms with van der Waals surface area (Å²) >= 11 is 0. The van der Waals surface area contributed by atoms with Gasteiger partial charge in [0.15, 0.2) is 0 Å². The summed E-state index contributed by atoms with van der Waals surface area (Å²) in [5.74, 6) is -0.658. The van der Waals surface area contributed by atoms with Crippen LogP contribution in [0.1, 0.15) is 36.6 Å². The van der Waals surface area contributed by atoms with Crippen molar-refractivity contribution in [3.63, 3.8) is 0 Å². The number of nitrogens with zero attached hydrogens (tertiary/aromatic N) is 4. The van der Waals surface area contributed by atoms with Crippen molar-refractivity contribution in [1.29, 1.82) is 0 Å². The molecule has 0 spiro atoms. The minimum atomic E-state index is -0.920. The molecule has 0 bridgehead atoms. The zero-order valence-corrected chi connectivity index (χ0v) is 21.8. The first-order chi connectivity index (χ1) is 18.4. The molecule has 0 saturated carbocycles. The highest BCUT2D eigenvalue weighted by Crippen LogP contribution is 2.35. The Morgan fingerprint density at radius 1 is 0.921 bits per heavy atom. The highest BCUT2D eigenvalue weighted by Gasteiger charge is 2.35. The lowest BCUT2D eigenvalue weighted by atomic mass is 9.92. The maximum Gasteiger partial charge on any atom is 0.325 e. The van der Waals surface area contributed by atoms with Gasteiger partial charge in [-0.25, -0.2) is 0 Å². The number of aliphatic carboxylic acids is 1. The third-order valence-corrected chi connectivity index (χ3v) is 7.40. The van der Waals surface area contributed by atoms with Crippen LogP contribution < -0.4 is 0 Å². The minimum Gasteiger partial charge on any atom is -0.508 e. The van der Waals surface area contributed by atoms with Crippen LogP contribution in [0.3, 0.4) is 0 Å². The Kier molecular flexibility index (Phi) is 7.58. The quantitative estimate of drug-likeness (QED) is 0.346. The summed E-state index contributed by atoms with van der Waals surface area (Å²) in [6.07, 6.45) is 3.45. The van der Waals surface area contributed by atoms with E-state index in [1.165, 1.54) is 10.2 Å². The monoisotopic (exact) mass is 510 g/mol. The smallest absolute Gasteiger partial charge is 0.325 e. The van der Waals surface area contributed by atoms with Gasteiger partial charge in [-0.05, 0) is 48.2 Å². The predicted molar refractivity (Wildman–Crippen MR) is 148 cm³/mol. The third-order valence-electron chi connectivity index (χ3n) is 7.40. The molecule has 1 aliphatic rings. The predicted octanol–water partition coefficient (Wildman–Crippen LogP) is 5.02. The van der Waals surface area contributed by atoms with Gasteiger partial charge in [-0.15, -0.1) is 0 Å². The second-order valence-electron chi connectivity index (χ2n) is 10.2. The maximum atomic E-state index is 11.0. The molecule has 3 atom stereocenters. The van der Waals surface area contributed by atoms with E-state index < -0.39 is 5.97 Å². The van der Waals surface area contributed by atoms with E-state index in [1.54, 1.807) is 18.5 Å². The fourth-order valence-electron chi connectivity index (χ4n) is 5.49. The summed E-state index contributed by atoms with van der Waals surface area (Å²) in [6, 6.07) is 27.2. The molecule has 7 nitrogen and oxygen atoms in total. The van der Waals surface area contributed by atoms with E-state index in [0.717, 1.165) is 41.9 Å². The van der Waals surface area contributed by atoms with Gasteiger partial charge in [-0.2, -0.15) is 5.10 Å². The van der Waals surface area contributed by atoms with Gasteiger partial charge < -0.3 is 10.2 Å². The van der Waals surface area contributed by atoms with Crippen LogP contribution in [0.15, 0.2) is 91.3 Å². The number of aromatic nitrogens is 2. The van der Waals surface area contributed by atoms with Crippen LogP contribution in [0, 0.1) is 0 Å². The molecule has 0 amide bonds. The van der Waals surface area contributed by atoms with Gasteiger partial charge in [0.25, 0.3) is 0 Å². The molecule has 1 aromatic heterocycles. The number of carbonyl (C=O) groups is 1. The van der Waals surface area contributed by atoms with Gasteiger partial charge >= 0.3 is 5.97 Å². The minimum absolute atomic E-state index is 0.0118. The fraction of sp³-hybridized carbons (Fsp3) is 0.290. The highest BCUT2D eigenvalue weighted by atomic mass is 16.4. The van der Waals surface area contributed by atoms with Crippen LogP contribution in [0.25, 0.3) is 11.1 Å². The molecule has 1 aliphatic heterocycles. The van der Waals surface area contributed by atoms with Crippen molar-refractivity contribution in [3.8, 4) is 16.9 Å². The molecule has 4 aromatic rings. The average molecular weight is 511 g/mol. The molecule has 2 N–H and O–H groups in total. The second kappa shape index (κ2) is 11.2. The molecule has 196 valence electrons. The van der Waals surface area contributed by atoms with Crippen molar-refractivity contribution in [1.82, 2.24) is 19.6 Å². The molecular formula is C31H34N4O3. The Morgan fingerprint density at radius 2 is 1.68 bits per heavy atom. The lowest BCUT2D eigenvalue weighted by molar-refractivity contribution is -0.137. The van der Waals surface area contributed by atoms with Crippen LogP contribution in [0.2, 0.25) is 0 Å². The zero-order valence-electron chi connectivity index (χ0n) is 21.8. The van der Waals surface area contributed by atoms with Crippen LogP contribution in [0.5, 0.6) is 5.75 Å². The van der Waals surface area contributed by atoms with Crippen LogP contribution in [-0.2, 0) is 17.9 Å². The van der Waals surface area contributed by atoms with E-state index in [2.05, 4.69) is 89.4 Å². The molecule has 1 saturated heterocycles. The Balaban J connectivity index is 1.41. The molecule has 38 heavy (non-hydrogen) atoms. The number of benzene rings is 3. The molecule has 3 aromatic carbocycles. The van der Waals surface area contributed by atoms with Crippen LogP contribution in [-0.4, -0.2) is 60.9 Å². The van der Waals surface area contributed by atoms with E-state index in [1.807, 2.05) is 12.1 Å². The van der Waals surface area contributed by atoms with Gasteiger partial charge in [0.05, 0.1) is 12.2 Å². The van der Waals surface area contributed by atoms with E-state index in [-0.39, 0.29) is 18.3 Å². The first kappa shape index (κ1) is 25.7. The topological polar surface area (TPSA) is 81.8 Å². The van der Waals surface area contributed by atoms with Crippen molar-refractivity contribution >= 4 is 5.97 Å². The summed E-state index contributed by atoms with van der Waals surface area (Å²) < 4.78 is 1.43. The number of aromatic hydroxyl groups is 1. The molecule has 0 unspecified atom stereocenters. The lowest BCUT2D eigenvalue weighted by Crippen LogP contribution is -2.56. The Morgan fingerprint density at radius 3 is 2.39 bits per heavy atom. The van der Waals surface area contributed by atoms with Gasteiger partial charge in [0, 0.05) is 43.5 Å². The molecule has 0 aliphatic carbocycles. The normalized spacial score (nSPS) is 19.3. The van der Waals surface area contributed by atoms with Crippen molar-refractivity contribution in [2.45, 2.75) is 45.1 Å². The second-order valence-corrected chi connectivity index (χ2v) is 10.2. The molecule has 0 radical (unpaired) electrons. The largest absolute Gasteiger partial charge is 0.508 e. The van der Waals surface area contributed by atoms with E-state index in [9.17, 15) is 9.90 Å². The SMILES string of the molecule is C[C@@H]1CN([C@H](c2ccc(-c3cnn(CC(=O)O)c3)cc2)c2cccc(O)c2)[C@@H](C)CN1Cc1ccccc1. The number of hydrogen-bond acceptors (Lipinski definition) is 5. The molecule has 5 rings (SSSR count). The molecule has 1 fully saturated rings. The van der Waals surface area contributed by atoms with Crippen molar-refractivity contribution < 1.29 is 15.0 Å². The Bertz CT molecular complexity index is 1370. The number of rotatable bonds is 8. The van der Waals surface area contributed by atoms with E-state index in [4.69, 9.17) is 5.11 Å². The first-order valence-corrected chi connectivity index (χ1v) is 13.0. The Labute approximate surface area is 223 Å².